The van der Waals surface area contributed by atoms with Crippen LogP contribution in [0.5, 0.6) is 0 Å². The zero-order chi connectivity index (χ0) is 22.4. The first kappa shape index (κ1) is 22.2. The summed E-state index contributed by atoms with van der Waals surface area (Å²) in [6.07, 6.45) is 7.69. The minimum absolute atomic E-state index is 0.0705. The second-order valence-corrected chi connectivity index (χ2v) is 11.8. The highest BCUT2D eigenvalue weighted by Crippen LogP contribution is 2.53. The van der Waals surface area contributed by atoms with Crippen LogP contribution < -0.4 is 0 Å². The molecule has 2 aromatic carbocycles. The molecule has 2 bridgehead atoms. The normalized spacial score (nSPS) is 21.8. The molecule has 0 saturated heterocycles. The second kappa shape index (κ2) is 8.47. The van der Waals surface area contributed by atoms with Crippen molar-refractivity contribution in [3.05, 3.63) is 80.9 Å². The minimum Gasteiger partial charge on any atom is -0.289 e. The Morgan fingerprint density at radius 1 is 0.742 bits per heavy atom. The third-order valence-electron chi connectivity index (χ3n) is 7.11. The van der Waals surface area contributed by atoms with Gasteiger partial charge in [-0.25, -0.2) is 0 Å². The first-order valence-corrected chi connectivity index (χ1v) is 12.9. The fourth-order valence-corrected chi connectivity index (χ4v) is 8.55. The predicted octanol–water partition coefficient (Wildman–Crippen LogP) is 7.21. The minimum atomic E-state index is -1.45. The summed E-state index contributed by atoms with van der Waals surface area (Å²) < 4.78 is 0. The summed E-state index contributed by atoms with van der Waals surface area (Å²) in [5.74, 6) is 1.63. The van der Waals surface area contributed by atoms with Gasteiger partial charge in [-0.05, 0) is 101 Å². The van der Waals surface area contributed by atoms with Gasteiger partial charge in [-0.2, -0.15) is 0 Å². The van der Waals surface area contributed by atoms with Crippen LogP contribution in [0.4, 0.5) is 0 Å². The molecule has 2 aliphatic rings. The Morgan fingerprint density at radius 3 is 1.55 bits per heavy atom. The van der Waals surface area contributed by atoms with Crippen molar-refractivity contribution in [2.75, 3.05) is 6.16 Å². The maximum Gasteiger partial charge on any atom is 0.192 e. The Labute approximate surface area is 187 Å². The zero-order valence-corrected chi connectivity index (χ0v) is 20.5. The lowest BCUT2D eigenvalue weighted by atomic mass is 9.96. The van der Waals surface area contributed by atoms with Gasteiger partial charge < -0.3 is 0 Å². The van der Waals surface area contributed by atoms with Crippen LogP contribution in [0.3, 0.4) is 0 Å². The third kappa shape index (κ3) is 4.20. The van der Waals surface area contributed by atoms with Crippen molar-refractivity contribution < 1.29 is 9.59 Å². The van der Waals surface area contributed by atoms with Crippen molar-refractivity contribution in [3.63, 3.8) is 0 Å². The Balaban J connectivity index is 1.76. The van der Waals surface area contributed by atoms with E-state index in [0.29, 0.717) is 17.8 Å². The van der Waals surface area contributed by atoms with E-state index in [-0.39, 0.29) is 11.0 Å². The number of hydrogen-bond donors (Lipinski definition) is 0. The summed E-state index contributed by atoms with van der Waals surface area (Å²) in [5.41, 5.74) is 7.97. The average Bonchev–Trinajstić information content (AvgIpc) is 3.27. The van der Waals surface area contributed by atoms with Crippen LogP contribution in [0.15, 0.2) is 36.4 Å². The molecule has 2 aromatic rings. The standard InChI is InChI=1S/C28H33O2P/c1-16-9-18(3)25(19(4)10-16)27(29)31(15-24-14-22-7-8-23(24)13-22)28(30)26-20(5)11-17(2)12-21(26)6/h7-12,22-24H,13-15H2,1-6H3. The molecule has 3 unspecified atom stereocenters. The van der Waals surface area contributed by atoms with E-state index in [1.807, 2.05) is 27.7 Å². The van der Waals surface area contributed by atoms with E-state index in [1.54, 1.807) is 0 Å². The Morgan fingerprint density at radius 2 is 1.19 bits per heavy atom. The summed E-state index contributed by atoms with van der Waals surface area (Å²) >= 11 is 0. The number of aryl methyl sites for hydroxylation is 6. The zero-order valence-electron chi connectivity index (χ0n) is 19.6. The van der Waals surface area contributed by atoms with Crippen molar-refractivity contribution in [2.45, 2.75) is 54.4 Å². The lowest BCUT2D eigenvalue weighted by Gasteiger charge is -2.25. The number of fused-ring (bicyclic) bond motifs is 2. The fourth-order valence-electron chi connectivity index (χ4n) is 5.90. The van der Waals surface area contributed by atoms with Crippen molar-refractivity contribution in [1.82, 2.24) is 0 Å². The van der Waals surface area contributed by atoms with Gasteiger partial charge in [0.15, 0.2) is 11.0 Å². The molecular weight excluding hydrogens is 399 g/mol. The predicted molar refractivity (Wildman–Crippen MR) is 131 cm³/mol. The molecule has 1 saturated carbocycles. The van der Waals surface area contributed by atoms with Crippen molar-refractivity contribution >= 4 is 19.0 Å². The van der Waals surface area contributed by atoms with Gasteiger partial charge in [-0.3, -0.25) is 9.59 Å². The number of benzene rings is 2. The molecule has 162 valence electrons. The summed E-state index contributed by atoms with van der Waals surface area (Å²) in [4.78, 5) is 28.0. The lowest BCUT2D eigenvalue weighted by Crippen LogP contribution is -2.19. The van der Waals surface area contributed by atoms with Gasteiger partial charge in [-0.1, -0.05) is 47.5 Å². The van der Waals surface area contributed by atoms with Crippen LogP contribution in [0.1, 0.15) is 66.9 Å². The van der Waals surface area contributed by atoms with E-state index in [9.17, 15) is 9.59 Å². The van der Waals surface area contributed by atoms with E-state index < -0.39 is 7.92 Å². The molecule has 3 atom stereocenters. The SMILES string of the molecule is Cc1cc(C)c(C(=O)P(CC2CC3C=CC2C3)C(=O)c2c(C)cc(C)cc2C)c(C)c1. The topological polar surface area (TPSA) is 34.1 Å². The van der Waals surface area contributed by atoms with Crippen molar-refractivity contribution in [3.8, 4) is 0 Å². The van der Waals surface area contributed by atoms with Crippen LogP contribution in [-0.4, -0.2) is 17.2 Å². The molecule has 0 amide bonds. The largest absolute Gasteiger partial charge is 0.289 e. The van der Waals surface area contributed by atoms with Crippen LogP contribution in [0.2, 0.25) is 0 Å². The van der Waals surface area contributed by atoms with Crippen LogP contribution >= 0.6 is 7.92 Å². The molecular formula is C28H33O2P. The number of carbonyl (C=O) groups excluding carboxylic acids is 2. The fraction of sp³-hybridized carbons (Fsp3) is 0.429. The van der Waals surface area contributed by atoms with Crippen LogP contribution in [0, 0.1) is 59.3 Å². The van der Waals surface area contributed by atoms with Crippen LogP contribution in [0.25, 0.3) is 0 Å². The summed E-state index contributed by atoms with van der Waals surface area (Å²) in [7, 11) is -1.45. The second-order valence-electron chi connectivity index (χ2n) is 9.81. The highest BCUT2D eigenvalue weighted by atomic mass is 31.1. The summed E-state index contributed by atoms with van der Waals surface area (Å²) in [5, 5.41) is 0. The first-order valence-electron chi connectivity index (χ1n) is 11.4. The third-order valence-corrected chi connectivity index (χ3v) is 9.37. The number of allylic oxidation sites excluding steroid dienone is 2. The molecule has 2 aliphatic carbocycles. The maximum atomic E-state index is 14.0. The highest BCUT2D eigenvalue weighted by molar-refractivity contribution is 7.90. The molecule has 0 aromatic heterocycles. The molecule has 0 aliphatic heterocycles. The monoisotopic (exact) mass is 432 g/mol. The van der Waals surface area contributed by atoms with Crippen molar-refractivity contribution in [2.24, 2.45) is 17.8 Å². The number of rotatable bonds is 6. The van der Waals surface area contributed by atoms with E-state index in [0.717, 1.165) is 57.1 Å². The molecule has 3 heteroatoms. The van der Waals surface area contributed by atoms with Gasteiger partial charge in [0, 0.05) is 19.0 Å². The molecule has 31 heavy (non-hydrogen) atoms. The molecule has 0 heterocycles. The number of carbonyl (C=O) groups is 2. The van der Waals surface area contributed by atoms with Gasteiger partial charge in [0.1, 0.15) is 0 Å². The molecule has 0 radical (unpaired) electrons. The van der Waals surface area contributed by atoms with Crippen LogP contribution in [-0.2, 0) is 0 Å². The van der Waals surface area contributed by atoms with Gasteiger partial charge >= 0.3 is 0 Å². The molecule has 4 rings (SSSR count). The van der Waals surface area contributed by atoms with Gasteiger partial charge in [0.25, 0.3) is 0 Å². The van der Waals surface area contributed by atoms with E-state index in [1.165, 1.54) is 6.42 Å². The van der Waals surface area contributed by atoms with E-state index in [4.69, 9.17) is 0 Å². The molecule has 0 spiro atoms. The smallest absolute Gasteiger partial charge is 0.192 e. The number of hydrogen-bond acceptors (Lipinski definition) is 2. The molecule has 1 fully saturated rings. The average molecular weight is 433 g/mol. The lowest BCUT2D eigenvalue weighted by molar-refractivity contribution is 0.105. The highest BCUT2D eigenvalue weighted by Gasteiger charge is 2.41. The van der Waals surface area contributed by atoms with Gasteiger partial charge in [-0.15, -0.1) is 0 Å². The quantitative estimate of drug-likeness (QED) is 0.357. The Bertz CT molecular complexity index is 979. The summed E-state index contributed by atoms with van der Waals surface area (Å²) in [6.45, 7) is 12.1. The van der Waals surface area contributed by atoms with Gasteiger partial charge in [0.2, 0.25) is 0 Å². The molecule has 0 N–H and O–H groups in total. The Hall–Kier alpha value is -2.05. The first-order chi connectivity index (χ1) is 14.7. The maximum absolute atomic E-state index is 14.0. The van der Waals surface area contributed by atoms with E-state index in [2.05, 4.69) is 50.3 Å². The van der Waals surface area contributed by atoms with E-state index >= 15 is 0 Å². The molecule has 2 nitrogen and oxygen atoms in total. The van der Waals surface area contributed by atoms with Crippen molar-refractivity contribution in [1.29, 1.82) is 0 Å². The summed E-state index contributed by atoms with van der Waals surface area (Å²) in [6, 6.07) is 8.28. The van der Waals surface area contributed by atoms with Gasteiger partial charge in [0.05, 0.1) is 0 Å². The Kier molecular flexibility index (Phi) is 6.05.